The fourth-order valence-electron chi connectivity index (χ4n) is 5.35. The van der Waals surface area contributed by atoms with Crippen molar-refractivity contribution < 1.29 is 19.1 Å². The van der Waals surface area contributed by atoms with Crippen LogP contribution in [-0.2, 0) is 19.1 Å². The molecule has 0 saturated carbocycles. The van der Waals surface area contributed by atoms with Gasteiger partial charge in [0, 0.05) is 12.8 Å². The second kappa shape index (κ2) is 19.2. The zero-order valence-electron chi connectivity index (χ0n) is 28.9. The molecule has 0 fully saturated rings. The van der Waals surface area contributed by atoms with E-state index in [0.29, 0.717) is 13.1 Å². The number of carbonyl (C=O) groups excluding carboxylic acids is 2. The first kappa shape index (κ1) is 37.0. The van der Waals surface area contributed by atoms with E-state index in [-0.39, 0.29) is 17.9 Å². The summed E-state index contributed by atoms with van der Waals surface area (Å²) in [6.45, 7) is 10.4. The predicted molar refractivity (Wildman–Crippen MR) is 208 cm³/mol. The Morgan fingerprint density at radius 3 is 1.64 bits per heavy atom. The number of esters is 2. The van der Waals surface area contributed by atoms with Gasteiger partial charge in [-0.05, 0) is 68.1 Å². The van der Waals surface area contributed by atoms with Gasteiger partial charge in [-0.2, -0.15) is 0 Å². The maximum Gasteiger partial charge on any atom is 0.327 e. The van der Waals surface area contributed by atoms with Crippen molar-refractivity contribution in [1.82, 2.24) is 5.32 Å². The molecule has 0 spiro atoms. The molecule has 1 N–H and O–H groups in total. The molecule has 0 bridgehead atoms. The highest BCUT2D eigenvalue weighted by atomic mass is 16.5. The molecule has 2 atom stereocenters. The normalized spacial score (nSPS) is 11.8. The highest BCUT2D eigenvalue weighted by Crippen LogP contribution is 2.23. The summed E-state index contributed by atoms with van der Waals surface area (Å²) in [4.78, 5) is 27.5. The van der Waals surface area contributed by atoms with Gasteiger partial charge in [0.15, 0.2) is 0 Å². The molecule has 0 amide bonds. The fourth-order valence-corrected chi connectivity index (χ4v) is 5.35. The number of benzene rings is 6. The van der Waals surface area contributed by atoms with Crippen LogP contribution < -0.4 is 5.32 Å². The average Bonchev–Trinajstić information content (AvgIpc) is 3.17. The lowest BCUT2D eigenvalue weighted by atomic mass is 9.98. The second-order valence-electron chi connectivity index (χ2n) is 11.5. The van der Waals surface area contributed by atoms with Gasteiger partial charge in [-0.1, -0.05) is 127 Å². The van der Waals surface area contributed by atoms with E-state index in [1.54, 1.807) is 12.2 Å². The molecule has 50 heavy (non-hydrogen) atoms. The highest BCUT2D eigenvalue weighted by Gasteiger charge is 2.20. The molecule has 254 valence electrons. The maximum atomic E-state index is 11.8. The number of methoxy groups -OCH3 is 2. The Kier molecular flexibility index (Phi) is 14.2. The number of carbonyl (C=O) groups is 2. The summed E-state index contributed by atoms with van der Waals surface area (Å²) in [6.07, 6.45) is 5.39. The Hall–Kier alpha value is -5.85. The van der Waals surface area contributed by atoms with Gasteiger partial charge >= 0.3 is 11.9 Å². The average molecular weight is 665 g/mol. The van der Waals surface area contributed by atoms with E-state index in [1.165, 1.54) is 30.4 Å². The summed E-state index contributed by atoms with van der Waals surface area (Å²) >= 11 is 0. The number of fused-ring (bicyclic) bond motifs is 3. The van der Waals surface area contributed by atoms with Gasteiger partial charge in [0.25, 0.3) is 0 Å². The van der Waals surface area contributed by atoms with Crippen molar-refractivity contribution in [2.45, 2.75) is 18.9 Å². The van der Waals surface area contributed by atoms with E-state index in [9.17, 15) is 9.59 Å². The van der Waals surface area contributed by atoms with Crippen LogP contribution in [0.25, 0.3) is 32.3 Å². The Morgan fingerprint density at radius 2 is 1.12 bits per heavy atom. The smallest absolute Gasteiger partial charge is 0.327 e. The van der Waals surface area contributed by atoms with E-state index in [2.05, 4.69) is 59.9 Å². The standard InChI is InChI=1S/C16H17NO2.C14H13N.C14H14O2/c1-3-10-17-15(16(18)19-2)14-9-8-12-6-4-5-7-13(12)11-14;1-2-9-15-11-12-7-8-13-5-3-4-6-14(13)10-12;1-10(14(15)16-2)12-8-7-11-5-3-4-6-13(11)9-12/h3-9,11,15,17H,1,10H2,2H3;2-8,10-11H,1,9H2;3-10H,1-2H3/t;;10-/m..0/s1. The monoisotopic (exact) mass is 664 g/mol. The number of nitrogens with one attached hydrogen (secondary N) is 1. The van der Waals surface area contributed by atoms with Crippen molar-refractivity contribution in [3.63, 3.8) is 0 Å². The highest BCUT2D eigenvalue weighted by molar-refractivity contribution is 5.90. The van der Waals surface area contributed by atoms with Crippen LogP contribution in [0, 0.1) is 0 Å². The summed E-state index contributed by atoms with van der Waals surface area (Å²) in [6, 6.07) is 42.4. The molecule has 0 aliphatic carbocycles. The number of hydrogen-bond acceptors (Lipinski definition) is 6. The van der Waals surface area contributed by atoms with E-state index in [4.69, 9.17) is 9.47 Å². The third-order valence-electron chi connectivity index (χ3n) is 8.09. The minimum absolute atomic E-state index is 0.199. The third kappa shape index (κ3) is 10.3. The second-order valence-corrected chi connectivity index (χ2v) is 11.5. The van der Waals surface area contributed by atoms with Crippen LogP contribution in [0.15, 0.2) is 158 Å². The zero-order chi connectivity index (χ0) is 35.7. The van der Waals surface area contributed by atoms with E-state index in [0.717, 1.165) is 32.8 Å². The first-order valence-electron chi connectivity index (χ1n) is 16.4. The molecule has 6 nitrogen and oxygen atoms in total. The quantitative estimate of drug-likeness (QED) is 0.0897. The topological polar surface area (TPSA) is 77.0 Å². The van der Waals surface area contributed by atoms with E-state index >= 15 is 0 Å². The molecule has 6 rings (SSSR count). The van der Waals surface area contributed by atoms with E-state index in [1.807, 2.05) is 104 Å². The lowest BCUT2D eigenvalue weighted by molar-refractivity contribution is -0.143. The molecule has 0 heterocycles. The molecule has 6 aromatic carbocycles. The van der Waals surface area contributed by atoms with Gasteiger partial charge in [-0.25, -0.2) is 4.79 Å². The summed E-state index contributed by atoms with van der Waals surface area (Å²) in [5, 5.41) is 10.2. The number of rotatable bonds is 10. The SMILES string of the molecule is C=CCN=Cc1ccc2ccccc2c1.C=CCNC(C(=O)OC)c1ccc2ccccc2c1.COC(=O)[C@@H](C)c1ccc2ccccc2c1. The van der Waals surface area contributed by atoms with E-state index < -0.39 is 6.04 Å². The van der Waals surface area contributed by atoms with Crippen LogP contribution in [0.4, 0.5) is 0 Å². The molecule has 1 unspecified atom stereocenters. The predicted octanol–water partition coefficient (Wildman–Crippen LogP) is 9.39. The molecule has 0 saturated heterocycles. The lowest BCUT2D eigenvalue weighted by Gasteiger charge is -2.16. The maximum absolute atomic E-state index is 11.8. The molecule has 0 aliphatic rings. The molecule has 6 heteroatoms. The fraction of sp³-hybridized carbons (Fsp3) is 0.159. The Labute approximate surface area is 294 Å². The number of ether oxygens (including phenoxy) is 2. The molecule has 0 aromatic heterocycles. The van der Waals surface area contributed by atoms with Crippen molar-refractivity contribution in [3.8, 4) is 0 Å². The Morgan fingerprint density at radius 1 is 0.640 bits per heavy atom. The van der Waals surface area contributed by atoms with Crippen LogP contribution in [0.3, 0.4) is 0 Å². The zero-order valence-corrected chi connectivity index (χ0v) is 28.9. The number of hydrogen-bond donors (Lipinski definition) is 1. The molecule has 0 aliphatic heterocycles. The first-order chi connectivity index (χ1) is 24.4. The van der Waals surface area contributed by atoms with Crippen LogP contribution in [0.1, 0.15) is 35.6 Å². The Balaban J connectivity index is 0.000000170. The van der Waals surface area contributed by atoms with Gasteiger partial charge in [0.1, 0.15) is 6.04 Å². The van der Waals surface area contributed by atoms with Crippen molar-refractivity contribution in [3.05, 3.63) is 169 Å². The molecular formula is C44H44N2O4. The van der Waals surface area contributed by atoms with Crippen LogP contribution >= 0.6 is 0 Å². The largest absolute Gasteiger partial charge is 0.469 e. The van der Waals surface area contributed by atoms with Crippen molar-refractivity contribution >= 4 is 50.5 Å². The van der Waals surface area contributed by atoms with Gasteiger partial charge < -0.3 is 9.47 Å². The number of nitrogens with zero attached hydrogens (tertiary/aromatic N) is 1. The minimum atomic E-state index is -0.465. The lowest BCUT2D eigenvalue weighted by Crippen LogP contribution is -2.29. The van der Waals surface area contributed by atoms with Crippen LogP contribution in [0.2, 0.25) is 0 Å². The third-order valence-corrected chi connectivity index (χ3v) is 8.09. The minimum Gasteiger partial charge on any atom is -0.469 e. The first-order valence-corrected chi connectivity index (χ1v) is 16.4. The molecule has 0 radical (unpaired) electrons. The van der Waals surface area contributed by atoms with Crippen LogP contribution in [0.5, 0.6) is 0 Å². The molecule has 6 aromatic rings. The summed E-state index contributed by atoms with van der Waals surface area (Å²) in [5.74, 6) is -0.706. The Bertz CT molecular complexity index is 2080. The van der Waals surface area contributed by atoms with Crippen molar-refractivity contribution in [2.24, 2.45) is 4.99 Å². The number of aliphatic imine (C=N–C) groups is 1. The van der Waals surface area contributed by atoms with Crippen molar-refractivity contribution in [1.29, 1.82) is 0 Å². The van der Waals surface area contributed by atoms with Gasteiger partial charge in [-0.15, -0.1) is 13.2 Å². The van der Waals surface area contributed by atoms with Crippen molar-refractivity contribution in [2.75, 3.05) is 27.3 Å². The summed E-state index contributed by atoms with van der Waals surface area (Å²) in [5.41, 5.74) is 3.02. The molecular weight excluding hydrogens is 620 g/mol. The summed E-state index contributed by atoms with van der Waals surface area (Å²) in [7, 11) is 2.81. The van der Waals surface area contributed by atoms with Gasteiger partial charge in [0.2, 0.25) is 0 Å². The van der Waals surface area contributed by atoms with Crippen LogP contribution in [-0.4, -0.2) is 45.5 Å². The van der Waals surface area contributed by atoms with Gasteiger partial charge in [0.05, 0.1) is 26.7 Å². The van der Waals surface area contributed by atoms with Gasteiger partial charge in [-0.3, -0.25) is 15.1 Å². The summed E-state index contributed by atoms with van der Waals surface area (Å²) < 4.78 is 9.58.